The Balaban J connectivity index is 1.59. The molecular weight excluding hydrogens is 294 g/mol. The number of aliphatic carboxylic acids is 1. The molecule has 1 aromatic heterocycles. The van der Waals surface area contributed by atoms with Gasteiger partial charge in [0, 0.05) is 19.1 Å². The third-order valence-electron chi connectivity index (χ3n) is 4.84. The van der Waals surface area contributed by atoms with Gasteiger partial charge in [0.15, 0.2) is 0 Å². The molecule has 2 fully saturated rings. The number of nitrogens with zero attached hydrogens (tertiary/aromatic N) is 2. The molecule has 0 bridgehead atoms. The van der Waals surface area contributed by atoms with Crippen LogP contribution in [0.5, 0.6) is 0 Å². The van der Waals surface area contributed by atoms with Crippen molar-refractivity contribution in [1.29, 1.82) is 0 Å². The SMILES string of the molecule is Cc1nc(N2CCOCC2)ccc1NC1CCC(C(=O)O)CC1. The first-order chi connectivity index (χ1) is 11.1. The molecule has 0 radical (unpaired) electrons. The van der Waals surface area contributed by atoms with Crippen molar-refractivity contribution in [2.45, 2.75) is 38.6 Å². The van der Waals surface area contributed by atoms with E-state index in [1.165, 1.54) is 0 Å². The third-order valence-corrected chi connectivity index (χ3v) is 4.84. The first-order valence-corrected chi connectivity index (χ1v) is 8.43. The lowest BCUT2D eigenvalue weighted by atomic mass is 9.86. The summed E-state index contributed by atoms with van der Waals surface area (Å²) in [7, 11) is 0. The average molecular weight is 319 g/mol. The molecule has 1 aromatic rings. The molecule has 1 aliphatic heterocycles. The van der Waals surface area contributed by atoms with E-state index in [0.29, 0.717) is 6.04 Å². The smallest absolute Gasteiger partial charge is 0.306 e. The van der Waals surface area contributed by atoms with Crippen LogP contribution in [0, 0.1) is 12.8 Å². The van der Waals surface area contributed by atoms with Crippen molar-refractivity contribution < 1.29 is 14.6 Å². The van der Waals surface area contributed by atoms with Gasteiger partial charge in [-0.15, -0.1) is 0 Å². The highest BCUT2D eigenvalue weighted by molar-refractivity contribution is 5.70. The van der Waals surface area contributed by atoms with E-state index in [1.54, 1.807) is 0 Å². The van der Waals surface area contributed by atoms with Gasteiger partial charge in [-0.25, -0.2) is 4.98 Å². The molecule has 3 rings (SSSR count). The van der Waals surface area contributed by atoms with E-state index in [9.17, 15) is 4.79 Å². The van der Waals surface area contributed by atoms with Crippen LogP contribution < -0.4 is 10.2 Å². The molecule has 6 heteroatoms. The molecule has 2 N–H and O–H groups in total. The fraction of sp³-hybridized carbons (Fsp3) is 0.647. The molecule has 1 aliphatic carbocycles. The van der Waals surface area contributed by atoms with E-state index in [0.717, 1.165) is 69.2 Å². The van der Waals surface area contributed by atoms with Crippen LogP contribution in [-0.2, 0) is 9.53 Å². The summed E-state index contributed by atoms with van der Waals surface area (Å²) in [5.41, 5.74) is 2.05. The van der Waals surface area contributed by atoms with Crippen LogP contribution in [0.15, 0.2) is 12.1 Å². The fourth-order valence-electron chi connectivity index (χ4n) is 3.37. The zero-order valence-electron chi connectivity index (χ0n) is 13.6. The van der Waals surface area contributed by atoms with Crippen LogP contribution in [0.3, 0.4) is 0 Å². The summed E-state index contributed by atoms with van der Waals surface area (Å²) < 4.78 is 5.38. The number of hydrogen-bond acceptors (Lipinski definition) is 5. The minimum absolute atomic E-state index is 0.170. The fourth-order valence-corrected chi connectivity index (χ4v) is 3.37. The Labute approximate surface area is 136 Å². The first-order valence-electron chi connectivity index (χ1n) is 8.43. The number of carboxylic acid groups (broad SMARTS) is 1. The summed E-state index contributed by atoms with van der Waals surface area (Å²) in [6.45, 7) is 5.31. The second-order valence-corrected chi connectivity index (χ2v) is 6.43. The summed E-state index contributed by atoms with van der Waals surface area (Å²) in [6.07, 6.45) is 3.32. The monoisotopic (exact) mass is 319 g/mol. The molecule has 0 aromatic carbocycles. The van der Waals surface area contributed by atoms with Crippen LogP contribution in [0.2, 0.25) is 0 Å². The average Bonchev–Trinajstić information content (AvgIpc) is 2.58. The Hall–Kier alpha value is -1.82. The maximum atomic E-state index is 11.0. The van der Waals surface area contributed by atoms with Gasteiger partial charge in [0.25, 0.3) is 0 Å². The molecule has 2 aliphatic rings. The first kappa shape index (κ1) is 16.1. The molecule has 0 spiro atoms. The number of ether oxygens (including phenoxy) is 1. The standard InChI is InChI=1S/C17H25N3O3/c1-12-15(19-14-4-2-13(3-5-14)17(21)22)6-7-16(18-12)20-8-10-23-11-9-20/h6-7,13-14,19H,2-5,8-11H2,1H3,(H,21,22). The number of hydrogen-bond donors (Lipinski definition) is 2. The molecule has 0 atom stereocenters. The highest BCUT2D eigenvalue weighted by Crippen LogP contribution is 2.28. The topological polar surface area (TPSA) is 74.7 Å². The number of rotatable bonds is 4. The quantitative estimate of drug-likeness (QED) is 0.887. The Kier molecular flexibility index (Phi) is 5.00. The highest BCUT2D eigenvalue weighted by atomic mass is 16.5. The van der Waals surface area contributed by atoms with Gasteiger partial charge in [0.1, 0.15) is 5.82 Å². The van der Waals surface area contributed by atoms with Gasteiger partial charge < -0.3 is 20.1 Å². The van der Waals surface area contributed by atoms with Crippen LogP contribution in [0.25, 0.3) is 0 Å². The largest absolute Gasteiger partial charge is 0.481 e. The lowest BCUT2D eigenvalue weighted by Crippen LogP contribution is -2.36. The van der Waals surface area contributed by atoms with Crippen molar-refractivity contribution in [1.82, 2.24) is 4.98 Å². The van der Waals surface area contributed by atoms with Gasteiger partial charge in [-0.3, -0.25) is 4.79 Å². The van der Waals surface area contributed by atoms with E-state index in [4.69, 9.17) is 14.8 Å². The van der Waals surface area contributed by atoms with Gasteiger partial charge in [-0.05, 0) is 44.7 Å². The van der Waals surface area contributed by atoms with Gasteiger partial charge >= 0.3 is 5.97 Å². The Morgan fingerprint density at radius 1 is 1.26 bits per heavy atom. The Morgan fingerprint density at radius 2 is 1.96 bits per heavy atom. The number of nitrogens with one attached hydrogen (secondary N) is 1. The summed E-state index contributed by atoms with van der Waals surface area (Å²) >= 11 is 0. The zero-order valence-corrected chi connectivity index (χ0v) is 13.6. The highest BCUT2D eigenvalue weighted by Gasteiger charge is 2.26. The van der Waals surface area contributed by atoms with Crippen LogP contribution >= 0.6 is 0 Å². The molecule has 23 heavy (non-hydrogen) atoms. The number of morpholine rings is 1. The van der Waals surface area contributed by atoms with Crippen molar-refractivity contribution in [3.8, 4) is 0 Å². The third kappa shape index (κ3) is 3.93. The lowest BCUT2D eigenvalue weighted by Gasteiger charge is -2.30. The van der Waals surface area contributed by atoms with E-state index < -0.39 is 5.97 Å². The Morgan fingerprint density at radius 3 is 2.57 bits per heavy atom. The summed E-state index contributed by atoms with van der Waals surface area (Å²) in [5, 5.41) is 12.6. The minimum atomic E-state index is -0.656. The minimum Gasteiger partial charge on any atom is -0.481 e. The second-order valence-electron chi connectivity index (χ2n) is 6.43. The van der Waals surface area contributed by atoms with Crippen molar-refractivity contribution in [3.05, 3.63) is 17.8 Å². The van der Waals surface area contributed by atoms with Gasteiger partial charge in [0.2, 0.25) is 0 Å². The predicted molar refractivity (Wildman–Crippen MR) is 89.0 cm³/mol. The van der Waals surface area contributed by atoms with Gasteiger partial charge in [-0.1, -0.05) is 0 Å². The Bertz CT molecular complexity index is 550. The molecule has 1 saturated heterocycles. The van der Waals surface area contributed by atoms with E-state index >= 15 is 0 Å². The maximum Gasteiger partial charge on any atom is 0.306 e. The van der Waals surface area contributed by atoms with Crippen LogP contribution in [0.4, 0.5) is 11.5 Å². The molecular formula is C17H25N3O3. The predicted octanol–water partition coefficient (Wildman–Crippen LogP) is 2.28. The summed E-state index contributed by atoms with van der Waals surface area (Å²) in [4.78, 5) is 18.0. The molecule has 2 heterocycles. The van der Waals surface area contributed by atoms with Crippen LogP contribution in [-0.4, -0.2) is 48.4 Å². The molecule has 1 saturated carbocycles. The van der Waals surface area contributed by atoms with Crippen molar-refractivity contribution in [3.63, 3.8) is 0 Å². The lowest BCUT2D eigenvalue weighted by molar-refractivity contribution is -0.142. The van der Waals surface area contributed by atoms with Crippen LogP contribution in [0.1, 0.15) is 31.4 Å². The van der Waals surface area contributed by atoms with Crippen molar-refractivity contribution >= 4 is 17.5 Å². The number of aryl methyl sites for hydroxylation is 1. The summed E-state index contributed by atoms with van der Waals surface area (Å²) in [6, 6.07) is 4.50. The number of carboxylic acids is 1. The van der Waals surface area contributed by atoms with E-state index in [2.05, 4.69) is 22.3 Å². The normalized spacial score (nSPS) is 25.2. The second kappa shape index (κ2) is 7.17. The number of aromatic nitrogens is 1. The molecule has 0 amide bonds. The maximum absolute atomic E-state index is 11.0. The van der Waals surface area contributed by atoms with E-state index in [1.807, 2.05) is 6.92 Å². The summed E-state index contributed by atoms with van der Waals surface area (Å²) in [5.74, 6) is 0.179. The molecule has 0 unspecified atom stereocenters. The number of pyridine rings is 1. The number of anilines is 2. The van der Waals surface area contributed by atoms with Gasteiger partial charge in [-0.2, -0.15) is 0 Å². The van der Waals surface area contributed by atoms with Gasteiger partial charge in [0.05, 0.1) is 30.5 Å². The molecule has 6 nitrogen and oxygen atoms in total. The molecule has 126 valence electrons. The van der Waals surface area contributed by atoms with E-state index in [-0.39, 0.29) is 5.92 Å². The van der Waals surface area contributed by atoms with Crippen molar-refractivity contribution in [2.24, 2.45) is 5.92 Å². The number of carbonyl (C=O) groups is 1. The van der Waals surface area contributed by atoms with Crippen molar-refractivity contribution in [2.75, 3.05) is 36.5 Å². The zero-order chi connectivity index (χ0) is 16.2.